The van der Waals surface area contributed by atoms with Crippen molar-refractivity contribution in [3.05, 3.63) is 125 Å². The van der Waals surface area contributed by atoms with Crippen LogP contribution in [0.4, 0.5) is 5.69 Å². The molecule has 242 valence electrons. The molecule has 4 aromatic carbocycles. The largest absolute Gasteiger partial charge is 0.495 e. The number of amides is 2. The van der Waals surface area contributed by atoms with Gasteiger partial charge in [0, 0.05) is 19.0 Å². The molecule has 0 unspecified atom stereocenters. The number of hydrogen-bond donors (Lipinski definition) is 1. The molecular formula is C36H40ClN3O5S. The molecule has 0 aliphatic rings. The van der Waals surface area contributed by atoms with E-state index in [1.165, 1.54) is 30.2 Å². The Bertz CT molecular complexity index is 1740. The highest BCUT2D eigenvalue weighted by Crippen LogP contribution is 2.32. The number of aryl methyl sites for hydroxylation is 1. The maximum absolute atomic E-state index is 14.6. The molecule has 0 aliphatic heterocycles. The van der Waals surface area contributed by atoms with Crippen molar-refractivity contribution in [1.82, 2.24) is 10.2 Å². The number of nitrogens with zero attached hydrogens (tertiary/aromatic N) is 2. The molecule has 10 heteroatoms. The van der Waals surface area contributed by atoms with E-state index in [-0.39, 0.29) is 40.5 Å². The molecule has 0 aliphatic carbocycles. The van der Waals surface area contributed by atoms with Gasteiger partial charge in [0.05, 0.1) is 22.7 Å². The van der Waals surface area contributed by atoms with E-state index >= 15 is 0 Å². The third-order valence-electron chi connectivity index (χ3n) is 7.91. The highest BCUT2D eigenvalue weighted by atomic mass is 35.5. The van der Waals surface area contributed by atoms with Crippen molar-refractivity contribution < 1.29 is 22.7 Å². The molecule has 2 atom stereocenters. The molecule has 4 rings (SSSR count). The fourth-order valence-electron chi connectivity index (χ4n) is 5.02. The van der Waals surface area contributed by atoms with Crippen molar-refractivity contribution in [3.8, 4) is 5.75 Å². The van der Waals surface area contributed by atoms with Crippen molar-refractivity contribution in [2.75, 3.05) is 18.0 Å². The summed E-state index contributed by atoms with van der Waals surface area (Å²) in [5.74, 6) is -0.500. The molecular weight excluding hydrogens is 622 g/mol. The minimum atomic E-state index is -4.24. The fraction of sp³-hybridized carbons (Fsp3) is 0.278. The van der Waals surface area contributed by atoms with Crippen molar-refractivity contribution >= 4 is 39.1 Å². The van der Waals surface area contributed by atoms with E-state index in [0.717, 1.165) is 21.0 Å². The summed E-state index contributed by atoms with van der Waals surface area (Å²) in [7, 11) is -2.78. The van der Waals surface area contributed by atoms with Gasteiger partial charge in [-0.15, -0.1) is 0 Å². The van der Waals surface area contributed by atoms with Crippen molar-refractivity contribution in [2.45, 2.75) is 57.1 Å². The molecule has 0 saturated carbocycles. The zero-order chi connectivity index (χ0) is 33.3. The van der Waals surface area contributed by atoms with E-state index in [2.05, 4.69) is 5.32 Å². The Hall–Kier alpha value is -4.34. The lowest BCUT2D eigenvalue weighted by Crippen LogP contribution is -2.54. The van der Waals surface area contributed by atoms with Crippen molar-refractivity contribution in [2.24, 2.45) is 0 Å². The standard InChI is InChI=1S/C36H40ClN3O5S/c1-5-27(3)38-36(42)33(22-28-15-8-6-9-16-28)39(24-29-17-13-12-14-26(29)2)35(41)25-40(30-20-21-34(45-4)32(37)23-30)46(43,44)31-18-10-7-11-19-31/h6-21,23,27,33H,5,22,24-25H2,1-4H3,(H,38,42)/t27-,33+/m1/s1. The number of ether oxygens (including phenoxy) is 1. The molecule has 0 fully saturated rings. The molecule has 0 aromatic heterocycles. The van der Waals surface area contributed by atoms with Crippen LogP contribution >= 0.6 is 11.6 Å². The first-order valence-corrected chi connectivity index (χ1v) is 17.0. The minimum absolute atomic E-state index is 0.00976. The topological polar surface area (TPSA) is 96.0 Å². The summed E-state index contributed by atoms with van der Waals surface area (Å²) in [4.78, 5) is 30.1. The number of carbonyl (C=O) groups excluding carboxylic acids is 2. The summed E-state index contributed by atoms with van der Waals surface area (Å²) in [6, 6.07) is 28.5. The van der Waals surface area contributed by atoms with Crippen LogP contribution in [0.25, 0.3) is 0 Å². The van der Waals surface area contributed by atoms with Crippen LogP contribution in [-0.2, 0) is 32.6 Å². The van der Waals surface area contributed by atoms with Gasteiger partial charge < -0.3 is 15.0 Å². The Morgan fingerprint density at radius 2 is 1.54 bits per heavy atom. The van der Waals surface area contributed by atoms with E-state index in [4.69, 9.17) is 16.3 Å². The Labute approximate surface area is 277 Å². The van der Waals surface area contributed by atoms with Gasteiger partial charge in [-0.05, 0) is 67.3 Å². The highest BCUT2D eigenvalue weighted by Gasteiger charge is 2.35. The summed E-state index contributed by atoms with van der Waals surface area (Å²) in [6.45, 7) is 5.34. The summed E-state index contributed by atoms with van der Waals surface area (Å²) >= 11 is 6.44. The molecule has 2 amide bonds. The van der Waals surface area contributed by atoms with E-state index < -0.39 is 28.5 Å². The Kier molecular flexibility index (Phi) is 11.8. The van der Waals surface area contributed by atoms with E-state index in [1.807, 2.05) is 75.4 Å². The molecule has 46 heavy (non-hydrogen) atoms. The number of rotatable bonds is 14. The van der Waals surface area contributed by atoms with Crippen LogP contribution in [0.15, 0.2) is 108 Å². The molecule has 0 heterocycles. The molecule has 8 nitrogen and oxygen atoms in total. The zero-order valence-corrected chi connectivity index (χ0v) is 28.1. The average molecular weight is 662 g/mol. The van der Waals surface area contributed by atoms with E-state index in [9.17, 15) is 18.0 Å². The van der Waals surface area contributed by atoms with Gasteiger partial charge in [0.25, 0.3) is 10.0 Å². The Morgan fingerprint density at radius 1 is 0.913 bits per heavy atom. The maximum Gasteiger partial charge on any atom is 0.264 e. The summed E-state index contributed by atoms with van der Waals surface area (Å²) in [6.07, 6.45) is 0.942. The van der Waals surface area contributed by atoms with Crippen LogP contribution in [0.3, 0.4) is 0 Å². The molecule has 0 spiro atoms. The summed E-state index contributed by atoms with van der Waals surface area (Å²) in [5.41, 5.74) is 2.83. The number of sulfonamides is 1. The fourth-order valence-corrected chi connectivity index (χ4v) is 6.70. The molecule has 0 saturated heterocycles. The quantitative estimate of drug-likeness (QED) is 0.169. The second kappa shape index (κ2) is 15.8. The second-order valence-electron chi connectivity index (χ2n) is 11.1. The first kappa shape index (κ1) is 34.5. The van der Waals surface area contributed by atoms with Gasteiger partial charge in [-0.1, -0.05) is 91.3 Å². The Morgan fingerprint density at radius 3 is 2.15 bits per heavy atom. The van der Waals surface area contributed by atoms with Crippen molar-refractivity contribution in [1.29, 1.82) is 0 Å². The number of methoxy groups -OCH3 is 1. The van der Waals surface area contributed by atoms with Crippen LogP contribution in [0, 0.1) is 6.92 Å². The predicted molar refractivity (Wildman–Crippen MR) is 183 cm³/mol. The monoisotopic (exact) mass is 661 g/mol. The van der Waals surface area contributed by atoms with E-state index in [1.54, 1.807) is 30.3 Å². The number of anilines is 1. The number of benzene rings is 4. The lowest BCUT2D eigenvalue weighted by Gasteiger charge is -2.34. The SMILES string of the molecule is CC[C@@H](C)NC(=O)[C@H](Cc1ccccc1)N(Cc1ccccc1C)C(=O)CN(c1ccc(OC)c(Cl)c1)S(=O)(=O)c1ccccc1. The van der Waals surface area contributed by atoms with Gasteiger partial charge in [-0.25, -0.2) is 8.42 Å². The predicted octanol–water partition coefficient (Wildman–Crippen LogP) is 6.41. The first-order valence-electron chi connectivity index (χ1n) is 15.1. The molecule has 4 aromatic rings. The van der Waals surface area contributed by atoms with Gasteiger partial charge in [-0.3, -0.25) is 13.9 Å². The lowest BCUT2D eigenvalue weighted by atomic mass is 10.0. The van der Waals surface area contributed by atoms with Gasteiger partial charge >= 0.3 is 0 Å². The molecule has 0 bridgehead atoms. The normalized spacial score (nSPS) is 12.5. The number of hydrogen-bond acceptors (Lipinski definition) is 5. The number of nitrogens with one attached hydrogen (secondary N) is 1. The summed E-state index contributed by atoms with van der Waals surface area (Å²) < 4.78 is 34.6. The minimum Gasteiger partial charge on any atom is -0.495 e. The van der Waals surface area contributed by atoms with Crippen LogP contribution < -0.4 is 14.4 Å². The van der Waals surface area contributed by atoms with Gasteiger partial charge in [-0.2, -0.15) is 0 Å². The van der Waals surface area contributed by atoms with Crippen molar-refractivity contribution in [3.63, 3.8) is 0 Å². The smallest absolute Gasteiger partial charge is 0.264 e. The summed E-state index contributed by atoms with van der Waals surface area (Å²) in [5, 5.41) is 3.24. The van der Waals surface area contributed by atoms with Crippen LogP contribution in [0.1, 0.15) is 37.0 Å². The first-order chi connectivity index (χ1) is 22.0. The van der Waals surface area contributed by atoms with Gasteiger partial charge in [0.2, 0.25) is 11.8 Å². The third-order valence-corrected chi connectivity index (χ3v) is 9.99. The maximum atomic E-state index is 14.6. The molecule has 0 radical (unpaired) electrons. The second-order valence-corrected chi connectivity index (χ2v) is 13.4. The average Bonchev–Trinajstić information content (AvgIpc) is 3.06. The van der Waals surface area contributed by atoms with Gasteiger partial charge in [0.15, 0.2) is 0 Å². The Balaban J connectivity index is 1.83. The number of carbonyl (C=O) groups is 2. The highest BCUT2D eigenvalue weighted by molar-refractivity contribution is 7.92. The van der Waals surface area contributed by atoms with Crippen LogP contribution in [0.5, 0.6) is 5.75 Å². The third kappa shape index (κ3) is 8.47. The lowest BCUT2D eigenvalue weighted by molar-refractivity contribution is -0.140. The van der Waals surface area contributed by atoms with Gasteiger partial charge in [0.1, 0.15) is 18.3 Å². The van der Waals surface area contributed by atoms with Crippen LogP contribution in [-0.4, -0.2) is 50.9 Å². The van der Waals surface area contributed by atoms with E-state index in [0.29, 0.717) is 12.2 Å². The van der Waals surface area contributed by atoms with Crippen LogP contribution in [0.2, 0.25) is 5.02 Å². The number of halogens is 1. The molecule has 1 N–H and O–H groups in total. The zero-order valence-electron chi connectivity index (χ0n) is 26.5.